The predicted molar refractivity (Wildman–Crippen MR) is 127 cm³/mol. The van der Waals surface area contributed by atoms with Gasteiger partial charge in [0.15, 0.2) is 5.69 Å². The molecule has 0 aliphatic heterocycles. The molecule has 0 aliphatic rings. The van der Waals surface area contributed by atoms with Crippen molar-refractivity contribution < 1.29 is 42.2 Å². The molecule has 0 saturated carbocycles. The van der Waals surface area contributed by atoms with Crippen LogP contribution in [0.2, 0.25) is 0 Å². The number of fused-ring (bicyclic) bond motifs is 1. The van der Waals surface area contributed by atoms with Gasteiger partial charge in [-0.1, -0.05) is 42.5 Å². The van der Waals surface area contributed by atoms with Crippen LogP contribution < -0.4 is 16.8 Å². The van der Waals surface area contributed by atoms with Crippen LogP contribution in [0.5, 0.6) is 0 Å². The fraction of sp³-hybridized carbons (Fsp3) is 0.333. The summed E-state index contributed by atoms with van der Waals surface area (Å²) in [5, 5.41) is 21.4. The first kappa shape index (κ1) is 29.3. The standard InChI is InChI=1S/C22H26N4O4.C2HF3O2/c23-11-3-6-17(24)20(27)25-18(21-26-19(13-30-21)22(28)29)10-8-14-7-9-15-4-1-2-5-16(15)12-14;3-2(4,5)1(6)7/h1-2,4-5,7,9,12-13,17-18H,3,6,8,10-11,23-24H2,(H,25,27)(H,28,29);(H,6,7)/t17-,18-;/m1./s1. The molecule has 0 unspecified atom stereocenters. The van der Waals surface area contributed by atoms with Gasteiger partial charge in [0.25, 0.3) is 0 Å². The molecule has 200 valence electrons. The van der Waals surface area contributed by atoms with Gasteiger partial charge in [0.2, 0.25) is 11.8 Å². The number of halogens is 3. The number of amides is 1. The maximum Gasteiger partial charge on any atom is 0.490 e. The minimum absolute atomic E-state index is 0.146. The van der Waals surface area contributed by atoms with Crippen LogP contribution in [0.3, 0.4) is 0 Å². The number of nitrogens with two attached hydrogens (primary N) is 2. The van der Waals surface area contributed by atoms with Gasteiger partial charge in [0.1, 0.15) is 12.3 Å². The van der Waals surface area contributed by atoms with Crippen LogP contribution >= 0.6 is 0 Å². The van der Waals surface area contributed by atoms with Crippen molar-refractivity contribution in [1.82, 2.24) is 10.3 Å². The van der Waals surface area contributed by atoms with E-state index < -0.39 is 30.2 Å². The van der Waals surface area contributed by atoms with Crippen molar-refractivity contribution in [2.75, 3.05) is 6.54 Å². The van der Waals surface area contributed by atoms with Crippen LogP contribution in [-0.2, 0) is 16.0 Å². The molecular formula is C24H27F3N4O6. The number of rotatable bonds is 10. The van der Waals surface area contributed by atoms with Crippen molar-refractivity contribution >= 4 is 28.6 Å². The highest BCUT2D eigenvalue weighted by Gasteiger charge is 2.38. The maximum absolute atomic E-state index is 12.5. The SMILES string of the molecule is NCCC[C@@H](N)C(=O)N[C@H](CCc1ccc2ccccc2c1)c1nc(C(=O)O)co1.O=C(O)C(F)(F)F. The number of oxazole rings is 1. The Balaban J connectivity index is 0.000000604. The molecule has 37 heavy (non-hydrogen) atoms. The molecule has 13 heteroatoms. The zero-order valence-corrected chi connectivity index (χ0v) is 19.6. The van der Waals surface area contributed by atoms with E-state index in [1.165, 1.54) is 0 Å². The highest BCUT2D eigenvalue weighted by molar-refractivity contribution is 5.85. The molecule has 2 atom stereocenters. The second kappa shape index (κ2) is 13.4. The first-order valence-electron chi connectivity index (χ1n) is 11.1. The summed E-state index contributed by atoms with van der Waals surface area (Å²) in [5.74, 6) is -4.15. The maximum atomic E-state index is 12.5. The second-order valence-electron chi connectivity index (χ2n) is 8.00. The van der Waals surface area contributed by atoms with Gasteiger partial charge in [-0.05, 0) is 48.6 Å². The molecule has 0 saturated heterocycles. The normalized spacial score (nSPS) is 12.8. The number of nitrogens with one attached hydrogen (secondary N) is 1. The molecule has 0 spiro atoms. The summed E-state index contributed by atoms with van der Waals surface area (Å²) in [6.45, 7) is 0.452. The Kier molecular flexibility index (Phi) is 10.6. The van der Waals surface area contributed by atoms with E-state index in [-0.39, 0.29) is 17.5 Å². The predicted octanol–water partition coefficient (Wildman–Crippen LogP) is 3.02. The molecule has 0 radical (unpaired) electrons. The fourth-order valence-electron chi connectivity index (χ4n) is 3.26. The molecule has 2 aromatic carbocycles. The molecule has 0 fully saturated rings. The van der Waals surface area contributed by atoms with Gasteiger partial charge < -0.3 is 31.4 Å². The van der Waals surface area contributed by atoms with Gasteiger partial charge >= 0.3 is 18.1 Å². The van der Waals surface area contributed by atoms with Crippen LogP contribution in [0, 0.1) is 0 Å². The first-order valence-corrected chi connectivity index (χ1v) is 11.1. The summed E-state index contributed by atoms with van der Waals surface area (Å²) in [4.78, 5) is 36.5. The number of carboxylic acid groups (broad SMARTS) is 2. The molecular weight excluding hydrogens is 497 g/mol. The van der Waals surface area contributed by atoms with Crippen LogP contribution in [0.15, 0.2) is 53.1 Å². The number of carboxylic acids is 2. The number of alkyl halides is 3. The van der Waals surface area contributed by atoms with E-state index in [4.69, 9.17) is 30.9 Å². The van der Waals surface area contributed by atoms with E-state index in [0.29, 0.717) is 32.2 Å². The van der Waals surface area contributed by atoms with Crippen molar-refractivity contribution in [2.45, 2.75) is 43.9 Å². The number of hydrogen-bond acceptors (Lipinski definition) is 7. The summed E-state index contributed by atoms with van der Waals surface area (Å²) in [6.07, 6.45) is -1.79. The Hall–Kier alpha value is -3.97. The number of hydrogen-bond donors (Lipinski definition) is 5. The van der Waals surface area contributed by atoms with E-state index in [9.17, 15) is 22.8 Å². The van der Waals surface area contributed by atoms with Crippen molar-refractivity contribution in [3.05, 3.63) is 65.9 Å². The molecule has 3 rings (SSSR count). The Morgan fingerprint density at radius 2 is 1.70 bits per heavy atom. The van der Waals surface area contributed by atoms with Crippen LogP contribution in [0.25, 0.3) is 10.8 Å². The second-order valence-corrected chi connectivity index (χ2v) is 8.00. The van der Waals surface area contributed by atoms with Gasteiger partial charge in [0.05, 0.1) is 6.04 Å². The van der Waals surface area contributed by atoms with E-state index in [1.807, 2.05) is 30.3 Å². The van der Waals surface area contributed by atoms with Gasteiger partial charge in [-0.15, -0.1) is 0 Å². The lowest BCUT2D eigenvalue weighted by Crippen LogP contribution is -2.42. The van der Waals surface area contributed by atoms with Crippen molar-refractivity contribution in [3.63, 3.8) is 0 Å². The van der Waals surface area contributed by atoms with Gasteiger partial charge in [-0.2, -0.15) is 13.2 Å². The Morgan fingerprint density at radius 1 is 1.05 bits per heavy atom. The third-order valence-electron chi connectivity index (χ3n) is 5.19. The number of carbonyl (C=O) groups excluding carboxylic acids is 1. The Morgan fingerprint density at radius 3 is 2.27 bits per heavy atom. The number of aliphatic carboxylic acids is 1. The summed E-state index contributed by atoms with van der Waals surface area (Å²) in [6, 6.07) is 12.9. The molecule has 3 aromatic rings. The smallest absolute Gasteiger partial charge is 0.476 e. The number of nitrogens with zero attached hydrogens (tertiary/aromatic N) is 1. The average Bonchev–Trinajstić information content (AvgIpc) is 3.35. The Labute approximate surface area is 209 Å². The number of aryl methyl sites for hydroxylation is 1. The number of carbonyl (C=O) groups is 3. The van der Waals surface area contributed by atoms with Crippen LogP contribution in [0.1, 0.15) is 47.2 Å². The van der Waals surface area contributed by atoms with E-state index in [1.54, 1.807) is 0 Å². The molecule has 0 bridgehead atoms. The highest BCUT2D eigenvalue weighted by atomic mass is 19.4. The minimum Gasteiger partial charge on any atom is -0.476 e. The summed E-state index contributed by atoms with van der Waals surface area (Å²) in [7, 11) is 0. The van der Waals surface area contributed by atoms with Crippen molar-refractivity contribution in [2.24, 2.45) is 11.5 Å². The molecule has 10 nitrogen and oxygen atoms in total. The van der Waals surface area contributed by atoms with Crippen molar-refractivity contribution in [1.29, 1.82) is 0 Å². The first-order chi connectivity index (χ1) is 17.4. The Bertz CT molecular complexity index is 1210. The molecule has 0 aliphatic carbocycles. The molecule has 1 aromatic heterocycles. The van der Waals surface area contributed by atoms with E-state index >= 15 is 0 Å². The monoisotopic (exact) mass is 524 g/mol. The zero-order valence-electron chi connectivity index (χ0n) is 19.6. The van der Waals surface area contributed by atoms with Gasteiger partial charge in [0, 0.05) is 0 Å². The molecule has 7 N–H and O–H groups in total. The summed E-state index contributed by atoms with van der Waals surface area (Å²) in [5.41, 5.74) is 12.3. The average molecular weight is 524 g/mol. The van der Waals surface area contributed by atoms with Crippen LogP contribution in [-0.4, -0.2) is 51.8 Å². The van der Waals surface area contributed by atoms with E-state index in [2.05, 4.69) is 22.4 Å². The lowest BCUT2D eigenvalue weighted by Gasteiger charge is -2.19. The number of aromatic nitrogens is 1. The van der Waals surface area contributed by atoms with Crippen LogP contribution in [0.4, 0.5) is 13.2 Å². The minimum atomic E-state index is -5.08. The van der Waals surface area contributed by atoms with Gasteiger partial charge in [-0.25, -0.2) is 14.6 Å². The van der Waals surface area contributed by atoms with Gasteiger partial charge in [-0.3, -0.25) is 4.79 Å². The third kappa shape index (κ3) is 9.20. The summed E-state index contributed by atoms with van der Waals surface area (Å²) >= 11 is 0. The van der Waals surface area contributed by atoms with Crippen molar-refractivity contribution in [3.8, 4) is 0 Å². The van der Waals surface area contributed by atoms with E-state index in [0.717, 1.165) is 22.6 Å². The number of benzene rings is 2. The highest BCUT2D eigenvalue weighted by Crippen LogP contribution is 2.22. The molecule has 1 amide bonds. The zero-order chi connectivity index (χ0) is 27.6. The topological polar surface area (TPSA) is 182 Å². The number of aromatic carboxylic acids is 1. The largest absolute Gasteiger partial charge is 0.490 e. The third-order valence-corrected chi connectivity index (χ3v) is 5.19. The summed E-state index contributed by atoms with van der Waals surface area (Å²) < 4.78 is 37.1. The quantitative estimate of drug-likeness (QED) is 0.266. The molecule has 1 heterocycles. The lowest BCUT2D eigenvalue weighted by atomic mass is 10.0. The lowest BCUT2D eigenvalue weighted by molar-refractivity contribution is -0.192. The fourth-order valence-corrected chi connectivity index (χ4v) is 3.26.